The predicted molar refractivity (Wildman–Crippen MR) is 101 cm³/mol. The van der Waals surface area contributed by atoms with Crippen molar-refractivity contribution < 1.29 is 4.79 Å². The number of benzene rings is 2. The average Bonchev–Trinajstić information content (AvgIpc) is 3.32. The highest BCUT2D eigenvalue weighted by atomic mass is 16.1. The first-order valence-electron chi connectivity index (χ1n) is 8.62. The molecule has 2 aromatic carbocycles. The Bertz CT molecular complexity index is 912. The van der Waals surface area contributed by atoms with Crippen LogP contribution in [0.2, 0.25) is 0 Å². The Balaban J connectivity index is 1.85. The molecule has 0 saturated carbocycles. The van der Waals surface area contributed by atoms with Crippen molar-refractivity contribution >= 4 is 5.78 Å². The summed E-state index contributed by atoms with van der Waals surface area (Å²) in [5.41, 5.74) is 5.04. The lowest BCUT2D eigenvalue weighted by Crippen LogP contribution is -2.06. The molecule has 0 saturated heterocycles. The van der Waals surface area contributed by atoms with E-state index in [0.717, 1.165) is 40.9 Å². The Morgan fingerprint density at radius 1 is 0.960 bits per heavy atom. The summed E-state index contributed by atoms with van der Waals surface area (Å²) < 4.78 is 2.28. The van der Waals surface area contributed by atoms with Crippen molar-refractivity contribution in [3.05, 3.63) is 78.6 Å². The summed E-state index contributed by atoms with van der Waals surface area (Å²) in [6.45, 7) is 1.60. The van der Waals surface area contributed by atoms with Crippen molar-refractivity contribution in [2.75, 3.05) is 0 Å². The van der Waals surface area contributed by atoms with Crippen LogP contribution in [0.5, 0.6) is 0 Å². The lowest BCUT2D eigenvalue weighted by atomic mass is 10.0. The van der Waals surface area contributed by atoms with E-state index in [4.69, 9.17) is 4.98 Å². The average molecular weight is 328 g/mol. The van der Waals surface area contributed by atoms with Crippen LogP contribution >= 0.6 is 0 Å². The Morgan fingerprint density at radius 2 is 1.64 bits per heavy atom. The summed E-state index contributed by atoms with van der Waals surface area (Å²) in [6.07, 6.45) is 8.48. The number of aromatic nitrogens is 2. The van der Waals surface area contributed by atoms with Crippen LogP contribution in [0.15, 0.2) is 73.1 Å². The fraction of sp³-hybridized carbons (Fsp3) is 0.182. The van der Waals surface area contributed by atoms with Crippen LogP contribution in [0.1, 0.15) is 36.2 Å². The third-order valence-electron chi connectivity index (χ3n) is 4.78. The van der Waals surface area contributed by atoms with Gasteiger partial charge < -0.3 is 4.57 Å². The molecule has 1 aliphatic carbocycles. The van der Waals surface area contributed by atoms with Gasteiger partial charge in [-0.25, -0.2) is 4.98 Å². The summed E-state index contributed by atoms with van der Waals surface area (Å²) in [5.74, 6) is 0.0864. The smallest absolute Gasteiger partial charge is 0.159 e. The number of carbonyl (C=O) groups is 1. The molecule has 0 fully saturated rings. The number of carbonyl (C=O) groups excluding carboxylic acids is 1. The molecule has 0 spiro atoms. The highest BCUT2D eigenvalue weighted by Gasteiger charge is 2.21. The van der Waals surface area contributed by atoms with Gasteiger partial charge in [-0.15, -0.1) is 0 Å². The fourth-order valence-corrected chi connectivity index (χ4v) is 3.42. The van der Waals surface area contributed by atoms with Gasteiger partial charge >= 0.3 is 0 Å². The lowest BCUT2D eigenvalue weighted by molar-refractivity contribution is 0.101. The van der Waals surface area contributed by atoms with E-state index >= 15 is 0 Å². The Kier molecular flexibility index (Phi) is 4.06. The Hall–Kier alpha value is -2.94. The van der Waals surface area contributed by atoms with E-state index in [0.29, 0.717) is 6.04 Å². The monoisotopic (exact) mass is 328 g/mol. The maximum atomic E-state index is 11.6. The van der Waals surface area contributed by atoms with Crippen molar-refractivity contribution in [1.29, 1.82) is 0 Å². The topological polar surface area (TPSA) is 34.9 Å². The van der Waals surface area contributed by atoms with Crippen LogP contribution in [0, 0.1) is 0 Å². The highest BCUT2D eigenvalue weighted by Crippen LogP contribution is 2.36. The summed E-state index contributed by atoms with van der Waals surface area (Å²) >= 11 is 0. The molecule has 3 aromatic rings. The maximum Gasteiger partial charge on any atom is 0.159 e. The number of hydrogen-bond donors (Lipinski definition) is 0. The van der Waals surface area contributed by atoms with Gasteiger partial charge in [-0.1, -0.05) is 66.7 Å². The quantitative estimate of drug-likeness (QED) is 0.480. The molecule has 124 valence electrons. The summed E-state index contributed by atoms with van der Waals surface area (Å²) in [5, 5.41) is 0. The minimum atomic E-state index is 0.0864. The second kappa shape index (κ2) is 6.52. The molecule has 0 bridgehead atoms. The van der Waals surface area contributed by atoms with Crippen molar-refractivity contribution in [3.8, 4) is 22.5 Å². The van der Waals surface area contributed by atoms with E-state index in [2.05, 4.69) is 28.9 Å². The van der Waals surface area contributed by atoms with E-state index in [-0.39, 0.29) is 5.78 Å². The van der Waals surface area contributed by atoms with Gasteiger partial charge in [-0.05, 0) is 19.8 Å². The molecule has 0 amide bonds. The molecule has 1 aromatic heterocycles. The molecule has 1 heterocycles. The molecule has 0 unspecified atom stereocenters. The summed E-state index contributed by atoms with van der Waals surface area (Å²) in [7, 11) is 0. The molecule has 0 atom stereocenters. The van der Waals surface area contributed by atoms with E-state index in [1.807, 2.05) is 48.8 Å². The number of ketones is 1. The number of Topliss-reactive ketones (excluding diaryl/α,β-unsaturated/α-hetero) is 1. The molecule has 25 heavy (non-hydrogen) atoms. The summed E-state index contributed by atoms with van der Waals surface area (Å²) in [6, 6.07) is 18.5. The zero-order valence-electron chi connectivity index (χ0n) is 14.2. The van der Waals surface area contributed by atoms with Crippen LogP contribution in [0.4, 0.5) is 0 Å². The van der Waals surface area contributed by atoms with Crippen LogP contribution in [-0.4, -0.2) is 15.3 Å². The molecule has 0 aliphatic heterocycles. The van der Waals surface area contributed by atoms with Gasteiger partial charge in [0, 0.05) is 22.7 Å². The van der Waals surface area contributed by atoms with Crippen LogP contribution in [0.25, 0.3) is 22.5 Å². The van der Waals surface area contributed by atoms with Gasteiger partial charge in [-0.2, -0.15) is 0 Å². The number of allylic oxidation sites excluding steroid dienone is 2. The first kappa shape index (κ1) is 15.6. The van der Waals surface area contributed by atoms with E-state index in [1.165, 1.54) is 0 Å². The molecular formula is C22H20N2O. The Morgan fingerprint density at radius 3 is 2.28 bits per heavy atom. The van der Waals surface area contributed by atoms with Crippen molar-refractivity contribution in [3.63, 3.8) is 0 Å². The van der Waals surface area contributed by atoms with E-state index in [9.17, 15) is 4.79 Å². The molecule has 0 N–H and O–H groups in total. The Labute approximate surface area is 147 Å². The lowest BCUT2D eigenvalue weighted by Gasteiger charge is -2.17. The van der Waals surface area contributed by atoms with Crippen molar-refractivity contribution in [2.24, 2.45) is 0 Å². The van der Waals surface area contributed by atoms with Crippen LogP contribution in [-0.2, 0) is 0 Å². The minimum Gasteiger partial charge on any atom is -0.326 e. The molecule has 3 heteroatoms. The standard InChI is InChI=1S/C22H20N2O/c1-16(25)17-11-13-19(14-12-17)22-21(18-7-3-2-4-8-18)23-15-24(22)20-9-5-6-10-20/h2-8,11-15,20H,9-10H2,1H3. The number of hydrogen-bond acceptors (Lipinski definition) is 2. The summed E-state index contributed by atoms with van der Waals surface area (Å²) in [4.78, 5) is 16.3. The number of nitrogens with zero attached hydrogens (tertiary/aromatic N) is 2. The molecule has 0 radical (unpaired) electrons. The second-order valence-electron chi connectivity index (χ2n) is 6.45. The zero-order valence-corrected chi connectivity index (χ0v) is 14.2. The van der Waals surface area contributed by atoms with Crippen molar-refractivity contribution in [2.45, 2.75) is 25.8 Å². The van der Waals surface area contributed by atoms with Gasteiger partial charge in [0.15, 0.2) is 5.78 Å². The number of rotatable bonds is 4. The van der Waals surface area contributed by atoms with Crippen molar-refractivity contribution in [1.82, 2.24) is 9.55 Å². The second-order valence-corrected chi connectivity index (χ2v) is 6.45. The molecule has 3 nitrogen and oxygen atoms in total. The van der Waals surface area contributed by atoms with Crippen LogP contribution < -0.4 is 0 Å². The predicted octanol–water partition coefficient (Wildman–Crippen LogP) is 5.31. The van der Waals surface area contributed by atoms with Gasteiger partial charge in [0.2, 0.25) is 0 Å². The van der Waals surface area contributed by atoms with Crippen LogP contribution in [0.3, 0.4) is 0 Å². The molecular weight excluding hydrogens is 308 g/mol. The third-order valence-corrected chi connectivity index (χ3v) is 4.78. The fourth-order valence-electron chi connectivity index (χ4n) is 3.42. The van der Waals surface area contributed by atoms with Gasteiger partial charge in [-0.3, -0.25) is 4.79 Å². The van der Waals surface area contributed by atoms with Gasteiger partial charge in [0.1, 0.15) is 0 Å². The minimum absolute atomic E-state index is 0.0864. The van der Waals surface area contributed by atoms with Gasteiger partial charge in [0.25, 0.3) is 0 Å². The zero-order chi connectivity index (χ0) is 17.2. The highest BCUT2D eigenvalue weighted by molar-refractivity contribution is 5.94. The first-order valence-corrected chi connectivity index (χ1v) is 8.62. The number of imidazole rings is 1. The normalized spacial score (nSPS) is 14.1. The van der Waals surface area contributed by atoms with Gasteiger partial charge in [0.05, 0.1) is 17.7 Å². The maximum absolute atomic E-state index is 11.6. The first-order chi connectivity index (χ1) is 12.2. The van der Waals surface area contributed by atoms with E-state index in [1.54, 1.807) is 6.92 Å². The third kappa shape index (κ3) is 2.93. The largest absolute Gasteiger partial charge is 0.326 e. The molecule has 4 rings (SSSR count). The SMILES string of the molecule is CC(=O)c1ccc(-c2c(-c3ccccc3)ncn2C2CC=CC2)cc1. The van der Waals surface area contributed by atoms with E-state index < -0.39 is 0 Å². The molecule has 1 aliphatic rings.